The minimum Gasteiger partial charge on any atom is -0.351 e. The van der Waals surface area contributed by atoms with E-state index >= 15 is 0 Å². The number of halogens is 1. The van der Waals surface area contributed by atoms with Crippen LogP contribution in [0.25, 0.3) is 11.3 Å². The Morgan fingerprint density at radius 2 is 1.96 bits per heavy atom. The van der Waals surface area contributed by atoms with Crippen LogP contribution in [0.4, 0.5) is 5.95 Å². The minimum atomic E-state index is 0.331. The van der Waals surface area contributed by atoms with Gasteiger partial charge in [0.1, 0.15) is 5.03 Å². The summed E-state index contributed by atoms with van der Waals surface area (Å²) in [5.41, 5.74) is 7.73. The van der Waals surface area contributed by atoms with Gasteiger partial charge in [-0.3, -0.25) is 4.68 Å². The van der Waals surface area contributed by atoms with Gasteiger partial charge in [-0.05, 0) is 38.5 Å². The summed E-state index contributed by atoms with van der Waals surface area (Å²) in [6.07, 6.45) is 10.3. The lowest BCUT2D eigenvalue weighted by atomic mass is 9.92. The predicted octanol–water partition coefficient (Wildman–Crippen LogP) is 3.47. The first kappa shape index (κ1) is 17.1. The second-order valence-corrected chi connectivity index (χ2v) is 8.65. The topological polar surface area (TPSA) is 81.7 Å². The van der Waals surface area contributed by atoms with E-state index in [1.807, 2.05) is 29.7 Å². The van der Waals surface area contributed by atoms with Gasteiger partial charge >= 0.3 is 0 Å². The Kier molecular flexibility index (Phi) is 4.88. The Morgan fingerprint density at radius 1 is 1.20 bits per heavy atom. The zero-order valence-electron chi connectivity index (χ0n) is 14.3. The maximum absolute atomic E-state index is 6.41. The van der Waals surface area contributed by atoms with Crippen molar-refractivity contribution in [3.05, 3.63) is 17.4 Å². The van der Waals surface area contributed by atoms with E-state index < -0.39 is 0 Å². The molecule has 25 heavy (non-hydrogen) atoms. The third-order valence-corrected chi connectivity index (χ3v) is 6.58. The smallest absolute Gasteiger partial charge is 0.223 e. The maximum Gasteiger partial charge on any atom is 0.223 e. The van der Waals surface area contributed by atoms with Gasteiger partial charge in [0.05, 0.1) is 28.7 Å². The summed E-state index contributed by atoms with van der Waals surface area (Å²) in [4.78, 5) is 9.07. The summed E-state index contributed by atoms with van der Waals surface area (Å²) in [6.45, 7) is 0. The first-order chi connectivity index (χ1) is 12.1. The van der Waals surface area contributed by atoms with E-state index in [0.29, 0.717) is 28.3 Å². The first-order valence-electron chi connectivity index (χ1n) is 8.84. The van der Waals surface area contributed by atoms with Crippen molar-refractivity contribution in [2.75, 3.05) is 5.32 Å². The van der Waals surface area contributed by atoms with Crippen LogP contribution < -0.4 is 11.1 Å². The van der Waals surface area contributed by atoms with Gasteiger partial charge in [0.25, 0.3) is 0 Å². The first-order valence-corrected chi connectivity index (χ1v) is 10.1. The molecule has 4 rings (SSSR count). The molecule has 8 heteroatoms. The summed E-state index contributed by atoms with van der Waals surface area (Å²) in [7, 11) is 1.97. The van der Waals surface area contributed by atoms with Crippen LogP contribution in [0.15, 0.2) is 17.4 Å². The second kappa shape index (κ2) is 7.13. The van der Waals surface area contributed by atoms with Crippen LogP contribution in [-0.4, -0.2) is 37.1 Å². The highest BCUT2D eigenvalue weighted by atomic mass is 35.5. The molecule has 6 nitrogen and oxygen atoms in total. The molecule has 0 atom stereocenters. The lowest BCUT2D eigenvalue weighted by Crippen LogP contribution is -2.33. The van der Waals surface area contributed by atoms with Gasteiger partial charge in [0.15, 0.2) is 0 Å². The molecule has 2 aliphatic rings. The number of anilines is 1. The number of hydrogen-bond donors (Lipinski definition) is 2. The fourth-order valence-electron chi connectivity index (χ4n) is 3.14. The quantitative estimate of drug-likeness (QED) is 0.829. The molecule has 0 unspecified atom stereocenters. The number of rotatable bonds is 5. The Bertz CT molecular complexity index is 752. The van der Waals surface area contributed by atoms with Crippen molar-refractivity contribution in [3.63, 3.8) is 0 Å². The third-order valence-electron chi connectivity index (χ3n) is 4.79. The predicted molar refractivity (Wildman–Crippen MR) is 102 cm³/mol. The molecular weight excluding hydrogens is 356 g/mol. The monoisotopic (exact) mass is 378 g/mol. The number of aromatic nitrogens is 4. The summed E-state index contributed by atoms with van der Waals surface area (Å²) in [5.74, 6) is 0.631. The van der Waals surface area contributed by atoms with Gasteiger partial charge in [-0.25, -0.2) is 9.97 Å². The maximum atomic E-state index is 6.41. The molecule has 0 spiro atoms. The number of nitrogens with one attached hydrogen (secondary N) is 1. The fourth-order valence-corrected chi connectivity index (χ4v) is 4.50. The molecule has 0 aliphatic heterocycles. The molecule has 0 aromatic carbocycles. The molecule has 0 saturated heterocycles. The zero-order chi connectivity index (χ0) is 17.4. The van der Waals surface area contributed by atoms with Crippen LogP contribution in [-0.2, 0) is 7.05 Å². The van der Waals surface area contributed by atoms with Crippen molar-refractivity contribution in [3.8, 4) is 11.3 Å². The van der Waals surface area contributed by atoms with Gasteiger partial charge < -0.3 is 11.1 Å². The van der Waals surface area contributed by atoms with Crippen LogP contribution in [0, 0.1) is 0 Å². The molecule has 2 aliphatic carbocycles. The molecule has 0 amide bonds. The second-order valence-electron chi connectivity index (χ2n) is 6.95. The Labute approximate surface area is 156 Å². The molecule has 2 saturated carbocycles. The van der Waals surface area contributed by atoms with E-state index in [2.05, 4.69) is 15.4 Å². The Hall–Kier alpha value is -1.31. The van der Waals surface area contributed by atoms with Gasteiger partial charge in [0.2, 0.25) is 5.95 Å². The molecule has 2 aromatic rings. The van der Waals surface area contributed by atoms with E-state index in [4.69, 9.17) is 22.3 Å². The van der Waals surface area contributed by atoms with Crippen molar-refractivity contribution in [2.24, 2.45) is 12.8 Å². The van der Waals surface area contributed by atoms with Crippen molar-refractivity contribution in [1.82, 2.24) is 19.7 Å². The van der Waals surface area contributed by atoms with Gasteiger partial charge in [-0.1, -0.05) is 11.6 Å². The molecule has 2 fully saturated rings. The Balaban J connectivity index is 1.57. The van der Waals surface area contributed by atoms with Crippen LogP contribution in [0.2, 0.25) is 5.02 Å². The van der Waals surface area contributed by atoms with Crippen molar-refractivity contribution in [2.45, 2.75) is 60.9 Å². The summed E-state index contributed by atoms with van der Waals surface area (Å²) in [5, 5.41) is 10.2. The molecule has 2 aromatic heterocycles. The number of hydrogen-bond acceptors (Lipinski definition) is 6. The largest absolute Gasteiger partial charge is 0.351 e. The average molecular weight is 379 g/mol. The van der Waals surface area contributed by atoms with Gasteiger partial charge in [0, 0.05) is 24.4 Å². The highest BCUT2D eigenvalue weighted by Crippen LogP contribution is 2.43. The van der Waals surface area contributed by atoms with Crippen LogP contribution in [0.5, 0.6) is 0 Å². The number of thioether (sulfide) groups is 1. The summed E-state index contributed by atoms with van der Waals surface area (Å²) < 4.78 is 1.91. The zero-order valence-corrected chi connectivity index (χ0v) is 15.9. The highest BCUT2D eigenvalue weighted by molar-refractivity contribution is 8.00. The van der Waals surface area contributed by atoms with Crippen LogP contribution in [0.3, 0.4) is 0 Å². The standard InChI is InChI=1S/C17H23ClN6S/c1-24-16(25-12-6-7-12)13(8-21-24)15-14(18)9-20-17(23-15)22-11-4-2-10(19)3-5-11/h8-12H,2-7,19H2,1H3,(H,20,22,23). The van der Waals surface area contributed by atoms with Crippen LogP contribution >= 0.6 is 23.4 Å². The van der Waals surface area contributed by atoms with E-state index in [9.17, 15) is 0 Å². The van der Waals surface area contributed by atoms with E-state index in [1.165, 1.54) is 12.8 Å². The Morgan fingerprint density at radius 3 is 2.68 bits per heavy atom. The molecular formula is C17H23ClN6S. The van der Waals surface area contributed by atoms with Gasteiger partial charge in [-0.15, -0.1) is 11.8 Å². The normalized spacial score (nSPS) is 23.6. The molecule has 3 N–H and O–H groups in total. The molecule has 0 bridgehead atoms. The fraction of sp³-hybridized carbons (Fsp3) is 0.588. The highest BCUT2D eigenvalue weighted by Gasteiger charge is 2.27. The minimum absolute atomic E-state index is 0.331. The van der Waals surface area contributed by atoms with E-state index in [0.717, 1.165) is 42.0 Å². The number of nitrogens with zero attached hydrogens (tertiary/aromatic N) is 4. The van der Waals surface area contributed by atoms with E-state index in [1.54, 1.807) is 6.20 Å². The van der Waals surface area contributed by atoms with E-state index in [-0.39, 0.29) is 0 Å². The van der Waals surface area contributed by atoms with Crippen molar-refractivity contribution < 1.29 is 0 Å². The lowest BCUT2D eigenvalue weighted by molar-refractivity contribution is 0.410. The summed E-state index contributed by atoms with van der Waals surface area (Å²) in [6, 6.07) is 0.709. The van der Waals surface area contributed by atoms with Crippen LogP contribution in [0.1, 0.15) is 38.5 Å². The number of aryl methyl sites for hydroxylation is 1. The average Bonchev–Trinajstić information content (AvgIpc) is 3.35. The third kappa shape index (κ3) is 3.93. The molecule has 2 heterocycles. The van der Waals surface area contributed by atoms with Crippen molar-refractivity contribution >= 4 is 29.3 Å². The van der Waals surface area contributed by atoms with Gasteiger partial charge in [-0.2, -0.15) is 5.10 Å². The SMILES string of the molecule is Cn1ncc(-c2nc(NC3CCC(N)CC3)ncc2Cl)c1SC1CC1. The lowest BCUT2D eigenvalue weighted by Gasteiger charge is -2.26. The molecule has 0 radical (unpaired) electrons. The van der Waals surface area contributed by atoms with Crippen molar-refractivity contribution in [1.29, 1.82) is 0 Å². The molecule has 134 valence electrons. The number of nitrogens with two attached hydrogens (primary N) is 1. The summed E-state index contributed by atoms with van der Waals surface area (Å²) >= 11 is 8.27.